The molecule has 0 saturated carbocycles. The topological polar surface area (TPSA) is 54.6 Å². The van der Waals surface area contributed by atoms with Crippen LogP contribution < -0.4 is 0 Å². The molecule has 1 N–H and O–H groups in total. The number of rotatable bonds is 1. The van der Waals surface area contributed by atoms with Crippen molar-refractivity contribution in [3.05, 3.63) is 34.8 Å². The first-order valence-electron chi connectivity index (χ1n) is 3.55. The Morgan fingerprint density at radius 1 is 1.54 bits per heavy atom. The van der Waals surface area contributed by atoms with E-state index in [4.69, 9.17) is 5.11 Å². The van der Waals surface area contributed by atoms with Crippen molar-refractivity contribution in [3.63, 3.8) is 0 Å². The van der Waals surface area contributed by atoms with Gasteiger partial charge in [-0.25, -0.2) is 9.78 Å². The largest absolute Gasteiger partial charge is 0.477 e. The SMILES string of the molecule is O=C(O)c1cccc2c(Br)ncn12. The molecular formula is C8H5BrN2O2. The lowest BCUT2D eigenvalue weighted by atomic mass is 10.3. The molecule has 0 bridgehead atoms. The second-order valence-corrected chi connectivity index (χ2v) is 3.26. The van der Waals surface area contributed by atoms with Crippen LogP contribution in [0.1, 0.15) is 10.5 Å². The summed E-state index contributed by atoms with van der Waals surface area (Å²) in [6.07, 6.45) is 1.48. The molecule has 13 heavy (non-hydrogen) atoms. The van der Waals surface area contributed by atoms with E-state index in [1.165, 1.54) is 16.8 Å². The van der Waals surface area contributed by atoms with Gasteiger partial charge in [-0.2, -0.15) is 0 Å². The molecule has 0 aromatic carbocycles. The molecule has 0 radical (unpaired) electrons. The van der Waals surface area contributed by atoms with Crippen molar-refractivity contribution in [2.45, 2.75) is 0 Å². The monoisotopic (exact) mass is 240 g/mol. The Morgan fingerprint density at radius 2 is 2.31 bits per heavy atom. The fourth-order valence-corrected chi connectivity index (χ4v) is 1.58. The molecule has 2 rings (SSSR count). The summed E-state index contributed by atoms with van der Waals surface area (Å²) in [5, 5.41) is 8.83. The number of aromatic carboxylic acids is 1. The van der Waals surface area contributed by atoms with Crippen LogP contribution >= 0.6 is 15.9 Å². The number of carbonyl (C=O) groups is 1. The molecule has 0 atom stereocenters. The Labute approximate surface area is 82.0 Å². The van der Waals surface area contributed by atoms with Gasteiger partial charge in [0.25, 0.3) is 0 Å². The van der Waals surface area contributed by atoms with Crippen LogP contribution in [-0.2, 0) is 0 Å². The molecule has 0 unspecified atom stereocenters. The van der Waals surface area contributed by atoms with E-state index in [9.17, 15) is 4.79 Å². The summed E-state index contributed by atoms with van der Waals surface area (Å²) in [5.74, 6) is -0.963. The van der Waals surface area contributed by atoms with Gasteiger partial charge in [-0.05, 0) is 28.1 Å². The van der Waals surface area contributed by atoms with Gasteiger partial charge in [0.1, 0.15) is 16.6 Å². The average molecular weight is 241 g/mol. The molecule has 2 heterocycles. The van der Waals surface area contributed by atoms with Gasteiger partial charge >= 0.3 is 5.97 Å². The van der Waals surface area contributed by atoms with Gasteiger partial charge in [-0.15, -0.1) is 0 Å². The maximum absolute atomic E-state index is 10.8. The van der Waals surface area contributed by atoms with E-state index < -0.39 is 5.97 Å². The molecule has 2 aromatic heterocycles. The van der Waals surface area contributed by atoms with Crippen LogP contribution in [0.4, 0.5) is 0 Å². The van der Waals surface area contributed by atoms with E-state index in [1.807, 2.05) is 0 Å². The highest BCUT2D eigenvalue weighted by Gasteiger charge is 2.09. The van der Waals surface area contributed by atoms with Gasteiger partial charge < -0.3 is 5.11 Å². The molecule has 0 fully saturated rings. The lowest BCUT2D eigenvalue weighted by molar-refractivity contribution is 0.0689. The summed E-state index contributed by atoms with van der Waals surface area (Å²) >= 11 is 3.23. The lowest BCUT2D eigenvalue weighted by Gasteiger charge is -1.98. The smallest absolute Gasteiger partial charge is 0.352 e. The summed E-state index contributed by atoms with van der Waals surface area (Å²) in [5.41, 5.74) is 0.954. The summed E-state index contributed by atoms with van der Waals surface area (Å²) in [7, 11) is 0. The summed E-state index contributed by atoms with van der Waals surface area (Å²) < 4.78 is 2.17. The number of hydrogen-bond acceptors (Lipinski definition) is 2. The predicted molar refractivity (Wildman–Crippen MR) is 49.9 cm³/mol. The number of pyridine rings is 1. The van der Waals surface area contributed by atoms with Crippen molar-refractivity contribution in [1.29, 1.82) is 0 Å². The third kappa shape index (κ3) is 1.21. The van der Waals surface area contributed by atoms with E-state index in [1.54, 1.807) is 12.1 Å². The van der Waals surface area contributed by atoms with Crippen molar-refractivity contribution in [2.75, 3.05) is 0 Å². The number of nitrogens with zero attached hydrogens (tertiary/aromatic N) is 2. The number of hydrogen-bond donors (Lipinski definition) is 1. The zero-order chi connectivity index (χ0) is 9.42. The van der Waals surface area contributed by atoms with Crippen LogP contribution in [0.5, 0.6) is 0 Å². The van der Waals surface area contributed by atoms with Crippen LogP contribution in [-0.4, -0.2) is 20.5 Å². The quantitative estimate of drug-likeness (QED) is 0.828. The number of fused-ring (bicyclic) bond motifs is 1. The molecule has 0 aliphatic heterocycles. The highest BCUT2D eigenvalue weighted by molar-refractivity contribution is 9.10. The van der Waals surface area contributed by atoms with Crippen molar-refractivity contribution in [2.24, 2.45) is 0 Å². The third-order valence-electron chi connectivity index (χ3n) is 1.74. The number of aromatic nitrogens is 2. The normalized spacial score (nSPS) is 10.5. The fraction of sp³-hybridized carbons (Fsp3) is 0. The van der Waals surface area contributed by atoms with Crippen LogP contribution in [0.25, 0.3) is 5.52 Å². The summed E-state index contributed by atoms with van der Waals surface area (Å²) in [6.45, 7) is 0. The minimum absolute atomic E-state index is 0.204. The standard InChI is InChI=1S/C8H5BrN2O2/c9-7-5-2-1-3-6(8(12)13)11(5)4-10-7/h1-4H,(H,12,13). The average Bonchev–Trinajstić information content (AvgIpc) is 2.48. The van der Waals surface area contributed by atoms with Crippen molar-refractivity contribution in [3.8, 4) is 0 Å². The Hall–Kier alpha value is -1.36. The zero-order valence-corrected chi connectivity index (χ0v) is 8.02. The number of halogens is 1. The molecule has 0 amide bonds. The maximum atomic E-state index is 10.8. The van der Waals surface area contributed by atoms with Crippen molar-refractivity contribution >= 4 is 27.4 Å². The Bertz CT molecular complexity index is 478. The first-order valence-corrected chi connectivity index (χ1v) is 4.34. The molecule has 66 valence electrons. The van der Waals surface area contributed by atoms with E-state index in [0.29, 0.717) is 4.60 Å². The molecule has 0 spiro atoms. The predicted octanol–water partition coefficient (Wildman–Crippen LogP) is 1.79. The van der Waals surface area contributed by atoms with Gasteiger partial charge in [0.2, 0.25) is 0 Å². The number of imidazole rings is 1. The van der Waals surface area contributed by atoms with Gasteiger partial charge in [-0.1, -0.05) is 6.07 Å². The second kappa shape index (κ2) is 2.85. The van der Waals surface area contributed by atoms with Crippen LogP contribution in [0.2, 0.25) is 0 Å². The zero-order valence-electron chi connectivity index (χ0n) is 6.44. The van der Waals surface area contributed by atoms with E-state index in [2.05, 4.69) is 20.9 Å². The molecule has 5 heteroatoms. The van der Waals surface area contributed by atoms with E-state index in [0.717, 1.165) is 5.52 Å². The van der Waals surface area contributed by atoms with Crippen molar-refractivity contribution < 1.29 is 9.90 Å². The summed E-state index contributed by atoms with van der Waals surface area (Å²) in [4.78, 5) is 14.7. The Morgan fingerprint density at radius 3 is 3.00 bits per heavy atom. The van der Waals surface area contributed by atoms with Crippen LogP contribution in [0.3, 0.4) is 0 Å². The molecule has 0 aliphatic carbocycles. The molecular weight excluding hydrogens is 236 g/mol. The lowest BCUT2D eigenvalue weighted by Crippen LogP contribution is -2.03. The molecule has 2 aromatic rings. The fourth-order valence-electron chi connectivity index (χ4n) is 1.16. The Balaban J connectivity index is 2.84. The number of carboxylic acid groups (broad SMARTS) is 1. The van der Waals surface area contributed by atoms with Crippen molar-refractivity contribution in [1.82, 2.24) is 9.38 Å². The van der Waals surface area contributed by atoms with Gasteiger partial charge in [0, 0.05) is 0 Å². The first kappa shape index (κ1) is 8.25. The maximum Gasteiger partial charge on any atom is 0.352 e. The highest BCUT2D eigenvalue weighted by atomic mass is 79.9. The summed E-state index contributed by atoms with van der Waals surface area (Å²) in [6, 6.07) is 5.01. The van der Waals surface area contributed by atoms with Crippen LogP contribution in [0.15, 0.2) is 29.1 Å². The minimum Gasteiger partial charge on any atom is -0.477 e. The van der Waals surface area contributed by atoms with E-state index >= 15 is 0 Å². The molecule has 0 saturated heterocycles. The molecule has 0 aliphatic rings. The van der Waals surface area contributed by atoms with Gasteiger partial charge in [0.05, 0.1) is 5.52 Å². The highest BCUT2D eigenvalue weighted by Crippen LogP contribution is 2.17. The van der Waals surface area contributed by atoms with Gasteiger partial charge in [0.15, 0.2) is 0 Å². The molecule has 4 nitrogen and oxygen atoms in total. The third-order valence-corrected chi connectivity index (χ3v) is 2.36. The minimum atomic E-state index is -0.963. The Kier molecular flexibility index (Phi) is 1.81. The first-order chi connectivity index (χ1) is 6.20. The van der Waals surface area contributed by atoms with Gasteiger partial charge in [-0.3, -0.25) is 4.40 Å². The number of carboxylic acids is 1. The second-order valence-electron chi connectivity index (χ2n) is 2.51. The van der Waals surface area contributed by atoms with Crippen LogP contribution in [0, 0.1) is 0 Å². The van der Waals surface area contributed by atoms with E-state index in [-0.39, 0.29) is 5.69 Å².